The molecule has 0 aliphatic carbocycles. The van der Waals surface area contributed by atoms with Crippen molar-refractivity contribution >= 4 is 16.8 Å². The van der Waals surface area contributed by atoms with Crippen LogP contribution in [0.3, 0.4) is 0 Å². The van der Waals surface area contributed by atoms with Crippen molar-refractivity contribution in [2.45, 2.75) is 13.2 Å². The van der Waals surface area contributed by atoms with E-state index < -0.39 is 6.61 Å². The van der Waals surface area contributed by atoms with Crippen molar-refractivity contribution in [2.24, 2.45) is 0 Å². The van der Waals surface area contributed by atoms with Crippen molar-refractivity contribution in [3.63, 3.8) is 0 Å². The smallest absolute Gasteiger partial charge is 0.387 e. The zero-order chi connectivity index (χ0) is 24.6. The highest BCUT2D eigenvalue weighted by Gasteiger charge is 2.15. The summed E-state index contributed by atoms with van der Waals surface area (Å²) in [6, 6.07) is 13.8. The first kappa shape index (κ1) is 24.3. The van der Waals surface area contributed by atoms with Crippen molar-refractivity contribution in [3.8, 4) is 22.8 Å². The second kappa shape index (κ2) is 11.5. The molecule has 0 radical (unpaired) electrons. The van der Waals surface area contributed by atoms with Gasteiger partial charge < -0.3 is 23.6 Å². The maximum absolute atomic E-state index is 12.4. The molecule has 0 spiro atoms. The van der Waals surface area contributed by atoms with Crippen LogP contribution in [0.15, 0.2) is 59.3 Å². The summed E-state index contributed by atoms with van der Waals surface area (Å²) in [7, 11) is 0.500. The van der Waals surface area contributed by atoms with Crippen LogP contribution in [0, 0.1) is 0 Å². The van der Waals surface area contributed by atoms with E-state index in [2.05, 4.69) is 24.8 Å². The van der Waals surface area contributed by atoms with E-state index in [1.54, 1.807) is 24.4 Å². The third-order valence-electron chi connectivity index (χ3n) is 5.21. The Kier molecular flexibility index (Phi) is 7.99. The summed E-state index contributed by atoms with van der Waals surface area (Å²) >= 11 is 0. The quantitative estimate of drug-likeness (QED) is 0.364. The summed E-state index contributed by atoms with van der Waals surface area (Å²) < 4.78 is 55.3. The second-order valence-corrected chi connectivity index (χ2v) is 7.32. The number of ether oxygens (including phenoxy) is 3. The number of hydrogen-bond donors (Lipinski definition) is 0. The van der Waals surface area contributed by atoms with E-state index in [4.69, 9.17) is 14.0 Å². The molecular formula is C24H23F3N4O4. The number of fused-ring (bicyclic) bond motifs is 1. The molecule has 1 fully saturated rings. The Balaban J connectivity index is 0.00000141. The Morgan fingerprint density at radius 2 is 1.74 bits per heavy atom. The number of halogens is 3. The van der Waals surface area contributed by atoms with Gasteiger partial charge in [0.15, 0.2) is 11.4 Å². The van der Waals surface area contributed by atoms with E-state index >= 15 is 0 Å². The summed E-state index contributed by atoms with van der Waals surface area (Å²) in [5, 5.41) is 4.71. The third-order valence-corrected chi connectivity index (χ3v) is 5.21. The summed E-state index contributed by atoms with van der Waals surface area (Å²) in [5.41, 5.74) is 2.24. The van der Waals surface area contributed by atoms with Crippen molar-refractivity contribution in [3.05, 3.63) is 60.6 Å². The number of alkyl halides is 3. The Hall–Kier alpha value is -3.86. The maximum atomic E-state index is 12.4. The lowest BCUT2D eigenvalue weighted by molar-refractivity contribution is -0.0498. The molecule has 0 unspecified atom stereocenters. The Morgan fingerprint density at radius 3 is 2.49 bits per heavy atom. The van der Waals surface area contributed by atoms with Gasteiger partial charge in [-0.25, -0.2) is 9.97 Å². The number of rotatable bonds is 7. The fourth-order valence-corrected chi connectivity index (χ4v) is 3.59. The number of hydrogen-bond acceptors (Lipinski definition) is 8. The average Bonchev–Trinajstić information content (AvgIpc) is 3.32. The van der Waals surface area contributed by atoms with Crippen LogP contribution < -0.4 is 14.4 Å². The topological polar surface area (TPSA) is 82.7 Å². The molecule has 4 aromatic rings. The number of morpholine rings is 1. The molecule has 184 valence electrons. The molecule has 11 heteroatoms. The summed E-state index contributed by atoms with van der Waals surface area (Å²) in [6.45, 7) is 0.175. The van der Waals surface area contributed by atoms with Crippen LogP contribution in [-0.4, -0.2) is 55.2 Å². The lowest BCUT2D eigenvalue weighted by atomic mass is 10.0. The highest BCUT2D eigenvalue weighted by Crippen LogP contribution is 2.31. The minimum Gasteiger partial charge on any atom is -0.467 e. The summed E-state index contributed by atoms with van der Waals surface area (Å²) in [6.07, 6.45) is 1.71. The molecule has 35 heavy (non-hydrogen) atoms. The van der Waals surface area contributed by atoms with E-state index in [1.807, 2.05) is 18.2 Å². The SMILES string of the molecule is CF.FC(F)Oc1ccc(-c2ccc3onc(OCc4nccc(N5CCOCC5)n4)c3c2)cc1. The van der Waals surface area contributed by atoms with Crippen LogP contribution in [0.1, 0.15) is 5.82 Å². The van der Waals surface area contributed by atoms with Gasteiger partial charge in [-0.3, -0.25) is 4.39 Å². The Bertz CT molecular complexity index is 1230. The maximum Gasteiger partial charge on any atom is 0.387 e. The second-order valence-electron chi connectivity index (χ2n) is 7.32. The van der Waals surface area contributed by atoms with Crippen LogP contribution >= 0.6 is 0 Å². The lowest BCUT2D eigenvalue weighted by Crippen LogP contribution is -2.36. The zero-order valence-corrected chi connectivity index (χ0v) is 18.9. The summed E-state index contributed by atoms with van der Waals surface area (Å²) in [5.74, 6) is 1.78. The van der Waals surface area contributed by atoms with Crippen LogP contribution in [0.4, 0.5) is 19.0 Å². The lowest BCUT2D eigenvalue weighted by Gasteiger charge is -2.27. The first-order valence-electron chi connectivity index (χ1n) is 10.8. The average molecular weight is 488 g/mol. The van der Waals surface area contributed by atoms with Crippen molar-refractivity contribution in [1.29, 1.82) is 0 Å². The Labute approximate surface area is 199 Å². The fraction of sp³-hybridized carbons (Fsp3) is 0.292. The number of anilines is 1. The molecule has 1 aliphatic heterocycles. The molecule has 8 nitrogen and oxygen atoms in total. The van der Waals surface area contributed by atoms with Gasteiger partial charge in [0.05, 0.1) is 25.8 Å². The molecule has 1 aliphatic rings. The molecule has 0 bridgehead atoms. The predicted molar refractivity (Wildman–Crippen MR) is 123 cm³/mol. The van der Waals surface area contributed by atoms with Gasteiger partial charge in [0.1, 0.15) is 18.2 Å². The van der Waals surface area contributed by atoms with E-state index in [9.17, 15) is 13.2 Å². The molecule has 0 N–H and O–H groups in total. The highest BCUT2D eigenvalue weighted by molar-refractivity contribution is 5.87. The van der Waals surface area contributed by atoms with Gasteiger partial charge in [-0.15, -0.1) is 0 Å². The van der Waals surface area contributed by atoms with E-state index in [0.717, 1.165) is 30.0 Å². The summed E-state index contributed by atoms with van der Waals surface area (Å²) in [4.78, 5) is 11.0. The van der Waals surface area contributed by atoms with Gasteiger partial charge in [-0.2, -0.15) is 8.78 Å². The first-order chi connectivity index (χ1) is 17.2. The van der Waals surface area contributed by atoms with Crippen molar-refractivity contribution < 1.29 is 31.9 Å². The third kappa shape index (κ3) is 5.99. The predicted octanol–water partition coefficient (Wildman–Crippen LogP) is 4.89. The molecule has 1 saturated heterocycles. The van der Waals surface area contributed by atoms with Gasteiger partial charge in [0, 0.05) is 19.3 Å². The largest absolute Gasteiger partial charge is 0.467 e. The van der Waals surface area contributed by atoms with Crippen molar-refractivity contribution in [2.75, 3.05) is 38.4 Å². The van der Waals surface area contributed by atoms with Gasteiger partial charge in [0.25, 0.3) is 5.88 Å². The molecule has 0 atom stereocenters. The minimum absolute atomic E-state index is 0.100. The molecular weight excluding hydrogens is 465 g/mol. The van der Waals surface area contributed by atoms with E-state index in [1.165, 1.54) is 12.1 Å². The fourth-order valence-electron chi connectivity index (χ4n) is 3.59. The van der Waals surface area contributed by atoms with E-state index in [0.29, 0.717) is 43.1 Å². The first-order valence-corrected chi connectivity index (χ1v) is 10.8. The highest BCUT2D eigenvalue weighted by atomic mass is 19.3. The van der Waals surface area contributed by atoms with Crippen LogP contribution in [-0.2, 0) is 11.3 Å². The van der Waals surface area contributed by atoms with Gasteiger partial charge in [0.2, 0.25) is 0 Å². The zero-order valence-electron chi connectivity index (χ0n) is 18.9. The van der Waals surface area contributed by atoms with Gasteiger partial charge in [-0.1, -0.05) is 18.2 Å². The molecule has 0 amide bonds. The normalized spacial score (nSPS) is 13.5. The van der Waals surface area contributed by atoms with Crippen LogP contribution in [0.5, 0.6) is 11.6 Å². The molecule has 0 saturated carbocycles. The van der Waals surface area contributed by atoms with Crippen LogP contribution in [0.2, 0.25) is 0 Å². The van der Waals surface area contributed by atoms with E-state index in [-0.39, 0.29) is 12.4 Å². The molecule has 2 aromatic carbocycles. The number of benzene rings is 2. The molecule has 3 heterocycles. The van der Waals surface area contributed by atoms with Gasteiger partial charge >= 0.3 is 6.61 Å². The van der Waals surface area contributed by atoms with Crippen LogP contribution in [0.25, 0.3) is 22.1 Å². The van der Waals surface area contributed by atoms with Gasteiger partial charge in [-0.05, 0) is 46.6 Å². The standard InChI is InChI=1S/C23H20F2N4O4.CH3F/c24-23(25)32-17-4-1-15(2-5-17)16-3-6-19-18(13-16)22(28-33-19)31-14-20-26-8-7-21(27-20)29-9-11-30-12-10-29;1-2/h1-8,13,23H,9-12,14H2;1H3. The minimum atomic E-state index is -2.86. The molecule has 5 rings (SSSR count). The van der Waals surface area contributed by atoms with Crippen molar-refractivity contribution in [1.82, 2.24) is 15.1 Å². The monoisotopic (exact) mass is 488 g/mol. The number of nitrogens with zero attached hydrogens (tertiary/aromatic N) is 4. The Morgan fingerprint density at radius 1 is 1.00 bits per heavy atom. The number of aromatic nitrogens is 3. The molecule has 2 aromatic heterocycles.